The van der Waals surface area contributed by atoms with Crippen LogP contribution in [-0.4, -0.2) is 30.1 Å². The lowest BCUT2D eigenvalue weighted by molar-refractivity contribution is -0.141. The zero-order valence-electron chi connectivity index (χ0n) is 14.3. The number of nitrogens with zero attached hydrogens (tertiary/aromatic N) is 1. The minimum Gasteiger partial charge on any atom is -0.538 e. The third-order valence-electron chi connectivity index (χ3n) is 2.78. The Hall–Kier alpha value is -1.12. The second-order valence-electron chi connectivity index (χ2n) is 6.14. The lowest BCUT2D eigenvalue weighted by Crippen LogP contribution is -2.61. The Bertz CT molecular complexity index is 480. The Labute approximate surface area is 135 Å². The van der Waals surface area contributed by atoms with E-state index in [9.17, 15) is 13.2 Å². The first-order chi connectivity index (χ1) is 10.5. The summed E-state index contributed by atoms with van der Waals surface area (Å²) in [7, 11) is 0. The molecule has 8 heteroatoms. The van der Waals surface area contributed by atoms with Crippen LogP contribution in [0.25, 0.3) is 0 Å². The number of hydrogen-bond acceptors (Lipinski definition) is 4. The fraction of sp³-hybridized carbons (Fsp3) is 0.667. The summed E-state index contributed by atoms with van der Waals surface area (Å²) in [4.78, 5) is 3.70. The van der Waals surface area contributed by atoms with Gasteiger partial charge < -0.3 is 14.0 Å². The molecule has 23 heavy (non-hydrogen) atoms. The van der Waals surface area contributed by atoms with E-state index in [4.69, 9.17) is 14.0 Å². The monoisotopic (exact) mass is 334 g/mol. The van der Waals surface area contributed by atoms with Gasteiger partial charge in [0.05, 0.1) is 0 Å². The number of rotatable bonds is 7. The molecule has 132 valence electrons. The van der Waals surface area contributed by atoms with Crippen LogP contribution in [0.3, 0.4) is 0 Å². The highest BCUT2D eigenvalue weighted by Crippen LogP contribution is 2.27. The van der Waals surface area contributed by atoms with Crippen molar-refractivity contribution in [3.05, 3.63) is 23.9 Å². The highest BCUT2D eigenvalue weighted by molar-refractivity contribution is 6.74. The summed E-state index contributed by atoms with van der Waals surface area (Å²) in [5, 5.41) is 0. The van der Waals surface area contributed by atoms with Crippen LogP contribution in [0.5, 0.6) is 0 Å². The van der Waals surface area contributed by atoms with Crippen molar-refractivity contribution in [1.82, 2.24) is 4.98 Å². The van der Waals surface area contributed by atoms with Crippen molar-refractivity contribution < 1.29 is 27.1 Å². The zero-order chi connectivity index (χ0) is 17.8. The van der Waals surface area contributed by atoms with Gasteiger partial charge in [0.1, 0.15) is 5.69 Å². The first-order valence-electron chi connectivity index (χ1n) is 7.68. The Morgan fingerprint density at radius 1 is 0.870 bits per heavy atom. The minimum absolute atomic E-state index is 0.00377. The molecule has 1 aromatic heterocycles. The van der Waals surface area contributed by atoms with E-state index in [2.05, 4.69) is 4.98 Å². The standard InChI is InChI=1S/C15H24BF3NO3/c1-10(2)21-16(22-11(3)4,23-12(5)6)14-9-7-8-13(20-14)15(17,18)19/h7-12H,1-6H3/q-1. The summed E-state index contributed by atoms with van der Waals surface area (Å²) in [6, 6.07) is 3.62. The summed E-state index contributed by atoms with van der Waals surface area (Å²) < 4.78 is 56.3. The maximum atomic E-state index is 13.0. The first-order valence-corrected chi connectivity index (χ1v) is 7.68. The van der Waals surface area contributed by atoms with E-state index >= 15 is 0 Å². The number of hydrogen-bond donors (Lipinski definition) is 0. The summed E-state index contributed by atoms with van der Waals surface area (Å²) >= 11 is 0. The fourth-order valence-electron chi connectivity index (χ4n) is 2.19. The molecule has 0 saturated heterocycles. The molecule has 0 aliphatic rings. The lowest BCUT2D eigenvalue weighted by Gasteiger charge is -2.45. The van der Waals surface area contributed by atoms with E-state index < -0.39 is 18.6 Å². The van der Waals surface area contributed by atoms with Gasteiger partial charge in [0.25, 0.3) is 0 Å². The highest BCUT2D eigenvalue weighted by atomic mass is 19.4. The SMILES string of the molecule is CC(C)O[B-](OC(C)C)(OC(C)C)c1cccc(C(F)(F)F)n1. The van der Waals surface area contributed by atoms with Crippen LogP contribution in [0.4, 0.5) is 13.2 Å². The molecule has 0 atom stereocenters. The van der Waals surface area contributed by atoms with Crippen molar-refractivity contribution in [3.8, 4) is 0 Å². The van der Waals surface area contributed by atoms with Gasteiger partial charge in [-0.05, 0) is 53.2 Å². The number of halogens is 3. The van der Waals surface area contributed by atoms with Gasteiger partial charge in [-0.3, -0.25) is 4.98 Å². The van der Waals surface area contributed by atoms with Crippen molar-refractivity contribution >= 4 is 12.3 Å². The number of alkyl halides is 3. The molecule has 0 amide bonds. The van der Waals surface area contributed by atoms with Crippen molar-refractivity contribution in [2.75, 3.05) is 0 Å². The number of aromatic nitrogens is 1. The quantitative estimate of drug-likeness (QED) is 0.716. The maximum absolute atomic E-state index is 13.0. The van der Waals surface area contributed by atoms with Crippen LogP contribution < -0.4 is 5.59 Å². The van der Waals surface area contributed by atoms with Crippen molar-refractivity contribution in [2.45, 2.75) is 66.0 Å². The van der Waals surface area contributed by atoms with Crippen LogP contribution in [0, 0.1) is 0 Å². The van der Waals surface area contributed by atoms with Gasteiger partial charge in [0, 0.05) is 18.3 Å². The molecular formula is C15H24BF3NO3-. The van der Waals surface area contributed by atoms with E-state index in [1.54, 1.807) is 41.5 Å². The Kier molecular flexibility index (Phi) is 6.62. The Morgan fingerprint density at radius 2 is 1.30 bits per heavy atom. The fourth-order valence-corrected chi connectivity index (χ4v) is 2.19. The van der Waals surface area contributed by atoms with Crippen LogP contribution in [0.1, 0.15) is 47.2 Å². The van der Waals surface area contributed by atoms with Crippen LogP contribution in [0.15, 0.2) is 18.2 Å². The van der Waals surface area contributed by atoms with Crippen molar-refractivity contribution in [1.29, 1.82) is 0 Å². The lowest BCUT2D eigenvalue weighted by atomic mass is 9.71. The minimum atomic E-state index is -4.55. The van der Waals surface area contributed by atoms with Gasteiger partial charge in [0.2, 0.25) is 0 Å². The Morgan fingerprint density at radius 3 is 1.65 bits per heavy atom. The molecule has 0 radical (unpaired) electrons. The molecule has 0 N–H and O–H groups in total. The summed E-state index contributed by atoms with van der Waals surface area (Å²) in [5.74, 6) is 0. The molecular weight excluding hydrogens is 310 g/mol. The molecule has 0 fully saturated rings. The van der Waals surface area contributed by atoms with Gasteiger partial charge in [-0.25, -0.2) is 0 Å². The second kappa shape index (κ2) is 7.64. The first kappa shape index (κ1) is 19.9. The summed E-state index contributed by atoms with van der Waals surface area (Å²) in [5.41, 5.74) is -1.01. The topological polar surface area (TPSA) is 40.6 Å². The maximum Gasteiger partial charge on any atom is 0.433 e. The molecule has 0 aromatic carbocycles. The predicted molar refractivity (Wildman–Crippen MR) is 83.3 cm³/mol. The average molecular weight is 334 g/mol. The number of pyridine rings is 1. The Balaban J connectivity index is 3.41. The zero-order valence-corrected chi connectivity index (χ0v) is 14.3. The molecule has 4 nitrogen and oxygen atoms in total. The molecule has 1 aromatic rings. The molecule has 1 rings (SSSR count). The van der Waals surface area contributed by atoms with Gasteiger partial charge in [-0.2, -0.15) is 13.2 Å². The van der Waals surface area contributed by atoms with Gasteiger partial charge in [0.15, 0.2) is 0 Å². The smallest absolute Gasteiger partial charge is 0.433 e. The third kappa shape index (κ3) is 5.78. The van der Waals surface area contributed by atoms with E-state index in [0.717, 1.165) is 6.07 Å². The van der Waals surface area contributed by atoms with E-state index in [0.29, 0.717) is 0 Å². The van der Waals surface area contributed by atoms with Crippen molar-refractivity contribution in [2.24, 2.45) is 0 Å². The molecule has 1 heterocycles. The van der Waals surface area contributed by atoms with E-state index in [1.165, 1.54) is 12.1 Å². The van der Waals surface area contributed by atoms with Crippen LogP contribution in [-0.2, 0) is 20.1 Å². The molecule has 0 bridgehead atoms. The molecule has 0 saturated carbocycles. The average Bonchev–Trinajstić information content (AvgIpc) is 2.35. The van der Waals surface area contributed by atoms with Crippen molar-refractivity contribution in [3.63, 3.8) is 0 Å². The van der Waals surface area contributed by atoms with Crippen LogP contribution in [0.2, 0.25) is 0 Å². The van der Waals surface area contributed by atoms with Gasteiger partial charge in [-0.15, -0.1) is 0 Å². The molecule has 0 aliphatic carbocycles. The molecule has 0 unspecified atom stereocenters. The van der Waals surface area contributed by atoms with Gasteiger partial charge >= 0.3 is 12.9 Å². The highest BCUT2D eigenvalue weighted by Gasteiger charge is 2.39. The summed E-state index contributed by atoms with van der Waals surface area (Å²) in [6.07, 6.45) is -5.50. The van der Waals surface area contributed by atoms with Crippen LogP contribution >= 0.6 is 0 Å². The molecule has 0 spiro atoms. The second-order valence-corrected chi connectivity index (χ2v) is 6.14. The molecule has 0 aliphatic heterocycles. The largest absolute Gasteiger partial charge is 0.538 e. The van der Waals surface area contributed by atoms with Gasteiger partial charge in [-0.1, -0.05) is 12.1 Å². The normalized spacial score (nSPS) is 13.4. The third-order valence-corrected chi connectivity index (χ3v) is 2.78. The van der Waals surface area contributed by atoms with E-state index in [1.807, 2.05) is 0 Å². The van der Waals surface area contributed by atoms with E-state index in [-0.39, 0.29) is 23.9 Å². The predicted octanol–water partition coefficient (Wildman–Crippen LogP) is 3.52. The summed E-state index contributed by atoms with van der Waals surface area (Å²) in [6.45, 7) is 7.97.